The highest BCUT2D eigenvalue weighted by Crippen LogP contribution is 2.55. The van der Waals surface area contributed by atoms with Crippen LogP contribution in [-0.2, 0) is 5.41 Å². The topological polar surface area (TPSA) is 13.0 Å². The first kappa shape index (κ1) is 86.5. The summed E-state index contributed by atoms with van der Waals surface area (Å²) < 4.78 is 10.3. The minimum atomic E-state index is -0.0140. The third-order valence-corrected chi connectivity index (χ3v) is 31.8. The van der Waals surface area contributed by atoms with Crippen molar-refractivity contribution in [1.29, 1.82) is 0 Å². The van der Waals surface area contributed by atoms with Gasteiger partial charge in [-0.1, -0.05) is 351 Å². The Morgan fingerprint density at radius 1 is 0.197 bits per heavy atom. The highest BCUT2D eigenvalue weighted by atomic mass is 35.5. The van der Waals surface area contributed by atoms with Gasteiger partial charge in [0.2, 0.25) is 0 Å². The summed E-state index contributed by atoms with van der Waals surface area (Å²) in [6.07, 6.45) is 0. The SMILES string of the molecule is CC1(C)c2ccccc2-c2cc(N(c3cccc(Cl)c3)c3ccc4sc5ccccc5c4c3)ccc21.Clc1cccc(N(c2ccc(-c3ccc4ccccc4c3)cc2)c2cccc3c2sc2ccccc23)c1.Clc1cccc(N(c2cccc3ccccc23)c2cccc3sc4ccccc4c23)c1.Clc1ccccc1N(c1ccc(-c2ccccc2)cc1)c1cccc2c1sc1ccccc12. The molecule has 4 heterocycles. The lowest BCUT2D eigenvalue weighted by atomic mass is 9.82. The second kappa shape index (κ2) is 37.2. The molecular weight excluding hydrogens is 1830 g/mol. The average Bonchev–Trinajstić information content (AvgIpc) is 1.29. The number of benzene rings is 21. The van der Waals surface area contributed by atoms with Crippen molar-refractivity contribution in [3.8, 4) is 33.4 Å². The van der Waals surface area contributed by atoms with Crippen LogP contribution in [0.15, 0.2) is 473 Å². The molecule has 0 spiro atoms. The maximum absolute atomic E-state index is 6.74. The number of hydrogen-bond acceptors (Lipinski definition) is 8. The number of hydrogen-bond donors (Lipinski definition) is 0. The third-order valence-electron chi connectivity index (χ3n) is 26.1. The standard InChI is InChI=1S/C34H22ClNS.C33H24ClNS.C30H20ClNS.C28H18ClNS/c35-27-9-5-10-29(22-27)36(32-13-6-12-31-30-11-3-4-14-33(30)37-34(31)32)28-19-17-24(18-20-28)26-16-15-23-7-1-2-8-25(23)21-26;1-33(2)29-12-5-3-10-25(29)27-19-23(14-16-30(27)33)35(22-9-7-8-21(34)18-22)24-15-17-32-28(20-24)26-11-4-6-13-31(26)36-32;31-26-13-5-6-14-27(26)32(23-19-17-22(18-20-23)21-9-2-1-3-10-21)28-15-8-12-25-24-11-4-7-16-29(24)33-30(25)28;29-20-10-6-11-21(18-20)30(24-14-5-9-19-8-1-2-12-22(19)24)25-15-7-17-27-28(25)23-13-3-4-16-26(23)31-27/h1-22H;3-20H,1-2H3;1-20H;1-18H. The summed E-state index contributed by atoms with van der Waals surface area (Å²) in [6.45, 7) is 4.64. The fourth-order valence-corrected chi connectivity index (χ4v) is 25.0. The molecule has 0 amide bonds. The summed E-state index contributed by atoms with van der Waals surface area (Å²) in [5.74, 6) is 0. The zero-order chi connectivity index (χ0) is 92.2. The van der Waals surface area contributed by atoms with Gasteiger partial charge in [-0.2, -0.15) is 0 Å². The molecule has 4 aromatic heterocycles. The van der Waals surface area contributed by atoms with E-state index in [0.29, 0.717) is 0 Å². The first-order valence-corrected chi connectivity index (χ1v) is 50.4. The van der Waals surface area contributed by atoms with Gasteiger partial charge in [0.1, 0.15) is 0 Å². The molecule has 0 aliphatic heterocycles. The third kappa shape index (κ3) is 16.6. The van der Waals surface area contributed by atoms with Crippen LogP contribution in [0.5, 0.6) is 0 Å². The molecule has 0 radical (unpaired) electrons. The van der Waals surface area contributed by atoms with E-state index in [0.717, 1.165) is 88.3 Å². The molecule has 1 aliphatic carbocycles. The van der Waals surface area contributed by atoms with E-state index in [9.17, 15) is 0 Å². The van der Waals surface area contributed by atoms with Crippen LogP contribution >= 0.6 is 91.8 Å². The van der Waals surface area contributed by atoms with Gasteiger partial charge in [-0.05, 0) is 243 Å². The van der Waals surface area contributed by atoms with Crippen molar-refractivity contribution >= 4 is 262 Å². The van der Waals surface area contributed by atoms with Crippen LogP contribution in [0.25, 0.3) is 136 Å². The van der Waals surface area contributed by atoms with Crippen molar-refractivity contribution in [2.75, 3.05) is 19.6 Å². The molecule has 4 nitrogen and oxygen atoms in total. The molecule has 0 atom stereocenters. The second-order valence-electron chi connectivity index (χ2n) is 34.7. The average molecular weight is 1910 g/mol. The summed E-state index contributed by atoms with van der Waals surface area (Å²) in [4.78, 5) is 9.25. The van der Waals surface area contributed by atoms with Crippen LogP contribution in [0, 0.1) is 0 Å². The quantitative estimate of drug-likeness (QED) is 0.108. The number of fused-ring (bicyclic) bond motifs is 17. The summed E-state index contributed by atoms with van der Waals surface area (Å²) in [5.41, 5.74) is 23.3. The van der Waals surface area contributed by atoms with Crippen molar-refractivity contribution in [2.24, 2.45) is 0 Å². The predicted octanol–water partition coefficient (Wildman–Crippen LogP) is 40.7. The van der Waals surface area contributed by atoms with Crippen molar-refractivity contribution in [2.45, 2.75) is 19.3 Å². The molecule has 0 N–H and O–H groups in total. The molecule has 25 aromatic rings. The summed E-state index contributed by atoms with van der Waals surface area (Å²) in [7, 11) is 0. The number of thiophene rings is 4. The monoisotopic (exact) mass is 1910 g/mol. The van der Waals surface area contributed by atoms with E-state index < -0.39 is 0 Å². The first-order valence-electron chi connectivity index (χ1n) is 45.6. The molecule has 1 aliphatic rings. The molecule has 0 unspecified atom stereocenters. The van der Waals surface area contributed by atoms with E-state index in [4.69, 9.17) is 46.4 Å². The van der Waals surface area contributed by atoms with Crippen molar-refractivity contribution in [3.63, 3.8) is 0 Å². The molecule has 12 heteroatoms. The van der Waals surface area contributed by atoms with Gasteiger partial charge in [0, 0.05) is 137 Å². The lowest BCUT2D eigenvalue weighted by molar-refractivity contribution is 0.660. The van der Waals surface area contributed by atoms with Gasteiger partial charge in [0.05, 0.1) is 42.9 Å². The van der Waals surface area contributed by atoms with Gasteiger partial charge in [0.15, 0.2) is 0 Å². The van der Waals surface area contributed by atoms with Crippen molar-refractivity contribution in [3.05, 3.63) is 504 Å². The Morgan fingerprint density at radius 2 is 0.584 bits per heavy atom. The van der Waals surface area contributed by atoms with Crippen LogP contribution in [-0.4, -0.2) is 0 Å². The highest BCUT2D eigenvalue weighted by molar-refractivity contribution is 7.27. The fourth-order valence-electron chi connectivity index (χ4n) is 19.6. The van der Waals surface area contributed by atoms with Gasteiger partial charge in [0.25, 0.3) is 0 Å². The summed E-state index contributed by atoms with van der Waals surface area (Å²) in [6, 6.07) is 167. The zero-order valence-electron chi connectivity index (χ0n) is 74.5. The van der Waals surface area contributed by atoms with E-state index in [-0.39, 0.29) is 5.41 Å². The Bertz CT molecular complexity index is 8880. The maximum atomic E-state index is 6.74. The molecule has 0 saturated heterocycles. The minimum Gasteiger partial charge on any atom is -0.310 e. The van der Waals surface area contributed by atoms with Crippen LogP contribution in [0.3, 0.4) is 0 Å². The lowest BCUT2D eigenvalue weighted by Gasteiger charge is -2.28. The Balaban J connectivity index is 0.000000103. The fraction of sp³-hybridized carbons (Fsp3) is 0.0240. The number of halogens is 4. The summed E-state index contributed by atoms with van der Waals surface area (Å²) in [5, 5.41) is 18.1. The van der Waals surface area contributed by atoms with Gasteiger partial charge < -0.3 is 19.6 Å². The molecular formula is C125H84Cl4N4S4. The van der Waals surface area contributed by atoms with E-state index in [1.54, 1.807) is 0 Å². The Kier molecular flexibility index (Phi) is 23.5. The van der Waals surface area contributed by atoms with Gasteiger partial charge in [-0.15, -0.1) is 45.3 Å². The van der Waals surface area contributed by atoms with Crippen molar-refractivity contribution in [1.82, 2.24) is 0 Å². The van der Waals surface area contributed by atoms with E-state index in [2.05, 4.69) is 428 Å². The summed E-state index contributed by atoms with van der Waals surface area (Å²) >= 11 is 33.5. The Morgan fingerprint density at radius 3 is 1.23 bits per heavy atom. The molecule has 0 saturated carbocycles. The smallest absolute Gasteiger partial charge is 0.0648 e. The Labute approximate surface area is 831 Å². The Hall–Kier alpha value is -14.6. The van der Waals surface area contributed by atoms with E-state index in [1.807, 2.05) is 124 Å². The van der Waals surface area contributed by atoms with Crippen LogP contribution < -0.4 is 19.6 Å². The predicted molar refractivity (Wildman–Crippen MR) is 600 cm³/mol. The van der Waals surface area contributed by atoms with E-state index >= 15 is 0 Å². The molecule has 21 aromatic carbocycles. The van der Waals surface area contributed by atoms with Crippen molar-refractivity contribution < 1.29 is 0 Å². The largest absolute Gasteiger partial charge is 0.310 e. The normalized spacial score (nSPS) is 11.9. The number of rotatable bonds is 14. The number of anilines is 12. The molecule has 656 valence electrons. The zero-order valence-corrected chi connectivity index (χ0v) is 80.8. The van der Waals surface area contributed by atoms with Crippen LogP contribution in [0.4, 0.5) is 68.2 Å². The molecule has 0 fully saturated rings. The molecule has 0 bridgehead atoms. The maximum Gasteiger partial charge on any atom is 0.0648 e. The lowest BCUT2D eigenvalue weighted by Crippen LogP contribution is -2.15. The minimum absolute atomic E-state index is 0.0140. The van der Waals surface area contributed by atoms with Crippen LogP contribution in [0.1, 0.15) is 25.0 Å². The number of nitrogens with zero attached hydrogens (tertiary/aromatic N) is 4. The second-order valence-corrected chi connectivity index (χ2v) is 40.7. The molecule has 137 heavy (non-hydrogen) atoms. The van der Waals surface area contributed by atoms with Crippen LogP contribution in [0.2, 0.25) is 20.1 Å². The highest BCUT2D eigenvalue weighted by Gasteiger charge is 2.36. The molecule has 26 rings (SSSR count). The van der Waals surface area contributed by atoms with Gasteiger partial charge in [-0.25, -0.2) is 0 Å². The van der Waals surface area contributed by atoms with E-state index in [1.165, 1.54) is 147 Å². The first-order chi connectivity index (χ1) is 67.3. The van der Waals surface area contributed by atoms with Gasteiger partial charge in [-0.3, -0.25) is 0 Å². The van der Waals surface area contributed by atoms with Gasteiger partial charge >= 0.3 is 0 Å². The number of para-hydroxylation sites is 1.